The van der Waals surface area contributed by atoms with E-state index in [1.165, 1.54) is 24.3 Å². The summed E-state index contributed by atoms with van der Waals surface area (Å²) in [4.78, 5) is 23.8. The summed E-state index contributed by atoms with van der Waals surface area (Å²) < 4.78 is 13.7. The third kappa shape index (κ3) is 4.36. The van der Waals surface area contributed by atoms with Crippen LogP contribution in [0.4, 0.5) is 5.69 Å². The van der Waals surface area contributed by atoms with Crippen molar-refractivity contribution < 1.29 is 19.2 Å². The van der Waals surface area contributed by atoms with Gasteiger partial charge < -0.3 is 14.0 Å². The van der Waals surface area contributed by atoms with Gasteiger partial charge in [-0.2, -0.15) is 0 Å². The molecule has 0 saturated heterocycles. The van der Waals surface area contributed by atoms with E-state index >= 15 is 0 Å². The van der Waals surface area contributed by atoms with Crippen LogP contribution in [0.15, 0.2) is 84.9 Å². The lowest BCUT2D eigenvalue weighted by Gasteiger charge is -2.13. The van der Waals surface area contributed by atoms with Gasteiger partial charge in [-0.05, 0) is 55.0 Å². The average Bonchev–Trinajstić information content (AvgIpc) is 3.19. The van der Waals surface area contributed by atoms with Gasteiger partial charge in [-0.15, -0.1) is 0 Å². The maximum atomic E-state index is 13.4. The summed E-state index contributed by atoms with van der Waals surface area (Å²) in [7, 11) is 0. The van der Waals surface area contributed by atoms with Gasteiger partial charge >= 0.3 is 5.97 Å². The lowest BCUT2D eigenvalue weighted by atomic mass is 10.1. The number of hydrogen-bond donors (Lipinski definition) is 0. The van der Waals surface area contributed by atoms with Crippen molar-refractivity contribution in [3.05, 3.63) is 111 Å². The molecule has 0 aliphatic carbocycles. The zero-order valence-electron chi connectivity index (χ0n) is 19.3. The van der Waals surface area contributed by atoms with E-state index < -0.39 is 10.9 Å². The number of benzene rings is 4. The van der Waals surface area contributed by atoms with Gasteiger partial charge in [0, 0.05) is 40.0 Å². The highest BCUT2D eigenvalue weighted by Gasteiger charge is 2.23. The van der Waals surface area contributed by atoms with E-state index in [0.717, 1.165) is 22.0 Å². The number of halogens is 1. The molecule has 7 nitrogen and oxygen atoms in total. The van der Waals surface area contributed by atoms with Crippen molar-refractivity contribution in [2.45, 2.75) is 13.5 Å². The molecule has 1 aromatic heterocycles. The van der Waals surface area contributed by atoms with Crippen LogP contribution in [0.2, 0.25) is 5.02 Å². The van der Waals surface area contributed by atoms with Crippen LogP contribution in [0.5, 0.6) is 11.5 Å². The second-order valence-electron chi connectivity index (χ2n) is 8.14. The molecule has 5 rings (SSSR count). The Kier molecular flexibility index (Phi) is 6.31. The summed E-state index contributed by atoms with van der Waals surface area (Å²) in [6.07, 6.45) is 0. The molecule has 4 aromatic carbocycles. The number of nitro benzene ring substituents is 1. The molecule has 1 heterocycles. The summed E-state index contributed by atoms with van der Waals surface area (Å²) in [6, 6.07) is 24.4. The second kappa shape index (κ2) is 9.71. The van der Waals surface area contributed by atoms with Gasteiger partial charge in [-0.25, -0.2) is 4.79 Å². The molecule has 0 aliphatic heterocycles. The van der Waals surface area contributed by atoms with E-state index in [2.05, 4.69) is 4.57 Å². The zero-order chi connectivity index (χ0) is 25.2. The number of carbonyl (C=O) groups excluding carboxylic acids is 1. The minimum Gasteiger partial charge on any atom is -0.492 e. The highest BCUT2D eigenvalue weighted by atomic mass is 35.5. The van der Waals surface area contributed by atoms with Crippen LogP contribution in [0, 0.1) is 10.1 Å². The monoisotopic (exact) mass is 500 g/mol. The fourth-order valence-corrected chi connectivity index (χ4v) is 4.52. The summed E-state index contributed by atoms with van der Waals surface area (Å²) in [5, 5.41) is 12.9. The maximum absolute atomic E-state index is 13.4. The van der Waals surface area contributed by atoms with Gasteiger partial charge in [-0.1, -0.05) is 41.9 Å². The summed E-state index contributed by atoms with van der Waals surface area (Å²) in [5.74, 6) is 0.261. The van der Waals surface area contributed by atoms with E-state index in [4.69, 9.17) is 21.1 Å². The molecule has 5 aromatic rings. The molecular weight excluding hydrogens is 480 g/mol. The van der Waals surface area contributed by atoms with Gasteiger partial charge in [0.25, 0.3) is 5.69 Å². The average molecular weight is 501 g/mol. The first kappa shape index (κ1) is 23.4. The Morgan fingerprint density at radius 1 is 1.00 bits per heavy atom. The Balaban J connectivity index is 1.69. The van der Waals surface area contributed by atoms with Crippen LogP contribution in [-0.4, -0.2) is 22.1 Å². The second-order valence-corrected chi connectivity index (χ2v) is 8.58. The SMILES string of the molecule is CCOc1ccc(C(=O)Oc2ccc([N+](=O)[O-])cc2)c2c3cc(Cl)ccc3n(Cc3ccccc3)c12. The lowest BCUT2D eigenvalue weighted by Crippen LogP contribution is -2.10. The normalized spacial score (nSPS) is 11.1. The first-order chi connectivity index (χ1) is 17.5. The minimum atomic E-state index is -0.587. The van der Waals surface area contributed by atoms with Gasteiger partial charge in [0.2, 0.25) is 0 Å². The highest BCUT2D eigenvalue weighted by molar-refractivity contribution is 6.32. The van der Waals surface area contributed by atoms with E-state index in [1.807, 2.05) is 55.5 Å². The van der Waals surface area contributed by atoms with Crippen LogP contribution in [0.1, 0.15) is 22.8 Å². The van der Waals surface area contributed by atoms with Crippen molar-refractivity contribution in [1.82, 2.24) is 4.57 Å². The number of carbonyl (C=O) groups is 1. The Morgan fingerprint density at radius 3 is 2.44 bits per heavy atom. The van der Waals surface area contributed by atoms with Crippen LogP contribution >= 0.6 is 11.6 Å². The van der Waals surface area contributed by atoms with Crippen molar-refractivity contribution in [2.75, 3.05) is 6.61 Å². The highest BCUT2D eigenvalue weighted by Crippen LogP contribution is 2.39. The molecule has 0 unspecified atom stereocenters. The predicted octanol–water partition coefficient (Wildman–Crippen LogP) is 7.02. The summed E-state index contributed by atoms with van der Waals surface area (Å²) in [5.41, 5.74) is 3.00. The van der Waals surface area contributed by atoms with Crippen LogP contribution in [-0.2, 0) is 6.54 Å². The molecule has 180 valence electrons. The smallest absolute Gasteiger partial charge is 0.344 e. The predicted molar refractivity (Wildman–Crippen MR) is 139 cm³/mol. The molecular formula is C28H21ClN2O5. The number of nitro groups is 1. The van der Waals surface area contributed by atoms with Crippen molar-refractivity contribution in [2.24, 2.45) is 0 Å². The van der Waals surface area contributed by atoms with Gasteiger partial charge in [0.15, 0.2) is 0 Å². The van der Waals surface area contributed by atoms with Gasteiger partial charge in [-0.3, -0.25) is 10.1 Å². The molecule has 0 fully saturated rings. The van der Waals surface area contributed by atoms with E-state index in [1.54, 1.807) is 12.1 Å². The number of rotatable bonds is 7. The molecule has 0 spiro atoms. The molecule has 0 atom stereocenters. The Bertz CT molecular complexity index is 1590. The van der Waals surface area contributed by atoms with Crippen LogP contribution < -0.4 is 9.47 Å². The van der Waals surface area contributed by atoms with Crippen molar-refractivity contribution in [3.8, 4) is 11.5 Å². The van der Waals surface area contributed by atoms with E-state index in [0.29, 0.717) is 34.9 Å². The largest absolute Gasteiger partial charge is 0.492 e. The number of non-ortho nitro benzene ring substituents is 1. The number of hydrogen-bond acceptors (Lipinski definition) is 5. The maximum Gasteiger partial charge on any atom is 0.344 e. The molecule has 0 amide bonds. The molecule has 8 heteroatoms. The Labute approximate surface area is 211 Å². The van der Waals surface area contributed by atoms with Crippen LogP contribution in [0.25, 0.3) is 21.8 Å². The van der Waals surface area contributed by atoms with Gasteiger partial charge in [0.1, 0.15) is 11.5 Å². The van der Waals surface area contributed by atoms with Crippen molar-refractivity contribution in [1.29, 1.82) is 0 Å². The fourth-order valence-electron chi connectivity index (χ4n) is 4.35. The quantitative estimate of drug-likeness (QED) is 0.104. The standard InChI is InChI=1S/C28H21ClN2O5/c1-2-35-25-15-13-22(28(32)36-21-11-9-20(10-12-21)31(33)34)26-23-16-19(29)8-14-24(23)30(27(25)26)17-18-6-4-3-5-7-18/h3-16H,2,17H2,1H3. The van der Waals surface area contributed by atoms with E-state index in [9.17, 15) is 14.9 Å². The summed E-state index contributed by atoms with van der Waals surface area (Å²) in [6.45, 7) is 2.92. The Hall–Kier alpha value is -4.36. The first-order valence-corrected chi connectivity index (χ1v) is 11.7. The van der Waals surface area contributed by atoms with Crippen LogP contribution in [0.3, 0.4) is 0 Å². The molecule has 0 radical (unpaired) electrons. The number of nitrogens with zero attached hydrogens (tertiary/aromatic N) is 2. The number of ether oxygens (including phenoxy) is 2. The topological polar surface area (TPSA) is 83.6 Å². The number of aromatic nitrogens is 1. The molecule has 0 N–H and O–H groups in total. The molecule has 0 aliphatic rings. The van der Waals surface area contributed by atoms with Crippen molar-refractivity contribution in [3.63, 3.8) is 0 Å². The Morgan fingerprint density at radius 2 is 1.75 bits per heavy atom. The molecule has 36 heavy (non-hydrogen) atoms. The molecule has 0 saturated carbocycles. The molecule has 0 bridgehead atoms. The third-order valence-corrected chi connectivity index (χ3v) is 6.13. The third-order valence-electron chi connectivity index (χ3n) is 5.89. The first-order valence-electron chi connectivity index (χ1n) is 11.3. The number of fused-ring (bicyclic) bond motifs is 3. The van der Waals surface area contributed by atoms with Gasteiger partial charge in [0.05, 0.1) is 22.6 Å². The lowest BCUT2D eigenvalue weighted by molar-refractivity contribution is -0.384. The zero-order valence-corrected chi connectivity index (χ0v) is 20.1. The summed E-state index contributed by atoms with van der Waals surface area (Å²) >= 11 is 6.38. The van der Waals surface area contributed by atoms with E-state index in [-0.39, 0.29) is 11.4 Å². The van der Waals surface area contributed by atoms with Crippen molar-refractivity contribution >= 4 is 45.1 Å². The number of esters is 1. The minimum absolute atomic E-state index is 0.0862. The fraction of sp³-hybridized carbons (Fsp3) is 0.107.